The van der Waals surface area contributed by atoms with E-state index in [0.29, 0.717) is 38.2 Å². The predicted molar refractivity (Wildman–Crippen MR) is 124 cm³/mol. The Morgan fingerprint density at radius 3 is 2.47 bits per heavy atom. The number of aromatic nitrogens is 2. The highest BCUT2D eigenvalue weighted by Crippen LogP contribution is 2.34. The quantitative estimate of drug-likeness (QED) is 0.514. The predicted octanol–water partition coefficient (Wildman–Crippen LogP) is 5.02. The zero-order valence-corrected chi connectivity index (χ0v) is 18.7. The van der Waals surface area contributed by atoms with Crippen molar-refractivity contribution >= 4 is 34.8 Å². The van der Waals surface area contributed by atoms with E-state index >= 15 is 0 Å². The molecule has 4 rings (SSSR count). The number of halogens is 2. The molecule has 7 nitrogen and oxygen atoms in total. The summed E-state index contributed by atoms with van der Waals surface area (Å²) in [5.74, 6) is -0.390. The molecule has 1 aliphatic heterocycles. The zero-order valence-electron chi connectivity index (χ0n) is 17.2. The second kappa shape index (κ2) is 9.72. The minimum atomic E-state index is -0.395. The number of nitrogens with zero attached hydrogens (tertiary/aromatic N) is 4. The number of carbonyl (C=O) groups is 1. The molecule has 2 heterocycles. The van der Waals surface area contributed by atoms with Crippen molar-refractivity contribution in [2.24, 2.45) is 0 Å². The van der Waals surface area contributed by atoms with Crippen molar-refractivity contribution in [1.29, 1.82) is 0 Å². The first-order valence-corrected chi connectivity index (χ1v) is 11.0. The smallest absolute Gasteiger partial charge is 0.286 e. The molecule has 164 valence electrons. The molecular formula is C23H21Cl2N5O2. The molecule has 0 radical (unpaired) electrons. The fraction of sp³-hybridized carbons (Fsp3) is 0.261. The first-order valence-electron chi connectivity index (χ1n) is 10.2. The molecule has 2 aromatic carbocycles. The van der Waals surface area contributed by atoms with Crippen LogP contribution in [-0.4, -0.2) is 38.9 Å². The molecule has 3 aromatic rings. The van der Waals surface area contributed by atoms with Gasteiger partial charge in [-0.25, -0.2) is 14.5 Å². The van der Waals surface area contributed by atoms with Crippen molar-refractivity contribution in [1.82, 2.24) is 20.2 Å². The lowest BCUT2D eigenvalue weighted by Crippen LogP contribution is -2.45. The molecule has 1 aromatic heterocycles. The van der Waals surface area contributed by atoms with Crippen molar-refractivity contribution in [2.75, 3.05) is 13.1 Å². The molecule has 9 heteroatoms. The highest BCUT2D eigenvalue weighted by atomic mass is 35.5. The third-order valence-corrected chi connectivity index (χ3v) is 5.92. The SMILES string of the molecule is [C-]#[N+]c1ccc(-c2c(CO)c(C(=O)NN3CCCCC3)nn2-c2ccc(Cl)cc2Cl)cc1. The van der Waals surface area contributed by atoms with Crippen LogP contribution >= 0.6 is 23.2 Å². The molecule has 1 amide bonds. The average Bonchev–Trinajstić information content (AvgIpc) is 3.19. The van der Waals surface area contributed by atoms with Crippen molar-refractivity contribution in [2.45, 2.75) is 25.9 Å². The number of piperidine rings is 1. The summed E-state index contributed by atoms with van der Waals surface area (Å²) < 4.78 is 1.54. The Morgan fingerprint density at radius 2 is 1.84 bits per heavy atom. The van der Waals surface area contributed by atoms with Gasteiger partial charge < -0.3 is 5.11 Å². The van der Waals surface area contributed by atoms with Crippen LogP contribution in [0.15, 0.2) is 42.5 Å². The lowest BCUT2D eigenvalue weighted by atomic mass is 10.0. The van der Waals surface area contributed by atoms with E-state index < -0.39 is 6.61 Å². The van der Waals surface area contributed by atoms with E-state index in [4.69, 9.17) is 29.8 Å². The summed E-state index contributed by atoms with van der Waals surface area (Å²) in [5.41, 5.74) is 5.63. The molecule has 0 bridgehead atoms. The summed E-state index contributed by atoms with van der Waals surface area (Å²) in [6.45, 7) is 8.34. The Kier molecular flexibility index (Phi) is 6.77. The third-order valence-electron chi connectivity index (χ3n) is 5.38. The van der Waals surface area contributed by atoms with E-state index in [1.807, 2.05) is 5.01 Å². The molecule has 32 heavy (non-hydrogen) atoms. The van der Waals surface area contributed by atoms with Crippen LogP contribution in [0.5, 0.6) is 0 Å². The van der Waals surface area contributed by atoms with Crippen LogP contribution < -0.4 is 5.43 Å². The number of aliphatic hydroxyl groups is 1. The van der Waals surface area contributed by atoms with Gasteiger partial charge >= 0.3 is 0 Å². The summed E-state index contributed by atoms with van der Waals surface area (Å²) in [4.78, 5) is 16.6. The summed E-state index contributed by atoms with van der Waals surface area (Å²) in [6, 6.07) is 11.9. The van der Waals surface area contributed by atoms with Gasteiger partial charge in [-0.3, -0.25) is 10.2 Å². The summed E-state index contributed by atoms with van der Waals surface area (Å²) >= 11 is 12.5. The van der Waals surface area contributed by atoms with E-state index in [1.165, 1.54) is 0 Å². The normalized spacial score (nSPS) is 14.2. The number of aliphatic hydroxyl groups excluding tert-OH is 1. The lowest BCUT2D eigenvalue weighted by Gasteiger charge is -2.26. The lowest BCUT2D eigenvalue weighted by molar-refractivity contribution is 0.0741. The van der Waals surface area contributed by atoms with Gasteiger partial charge in [0, 0.05) is 23.7 Å². The Balaban J connectivity index is 1.85. The van der Waals surface area contributed by atoms with Gasteiger partial charge in [-0.1, -0.05) is 53.9 Å². The number of rotatable bonds is 5. The number of hydrogen-bond donors (Lipinski definition) is 2. The highest BCUT2D eigenvalue weighted by molar-refractivity contribution is 6.35. The second-order valence-electron chi connectivity index (χ2n) is 7.49. The maximum absolute atomic E-state index is 13.1. The van der Waals surface area contributed by atoms with Crippen molar-refractivity contribution in [3.05, 3.63) is 75.2 Å². The molecule has 0 saturated carbocycles. The zero-order chi connectivity index (χ0) is 22.7. The molecule has 0 unspecified atom stereocenters. The van der Waals surface area contributed by atoms with Crippen LogP contribution in [0, 0.1) is 6.57 Å². The van der Waals surface area contributed by atoms with Crippen molar-refractivity contribution in [3.8, 4) is 16.9 Å². The first-order chi connectivity index (χ1) is 15.5. The number of amides is 1. The average molecular weight is 470 g/mol. The van der Waals surface area contributed by atoms with E-state index in [-0.39, 0.29) is 11.6 Å². The maximum Gasteiger partial charge on any atom is 0.286 e. The monoisotopic (exact) mass is 469 g/mol. The van der Waals surface area contributed by atoms with E-state index in [9.17, 15) is 9.90 Å². The number of hydrazine groups is 1. The Bertz CT molecular complexity index is 1180. The van der Waals surface area contributed by atoms with Gasteiger partial charge in [0.25, 0.3) is 5.91 Å². The number of hydrogen-bond acceptors (Lipinski definition) is 4. The molecular weight excluding hydrogens is 449 g/mol. The molecule has 1 fully saturated rings. The van der Waals surface area contributed by atoms with Gasteiger partial charge in [0.15, 0.2) is 11.4 Å². The molecule has 0 spiro atoms. The largest absolute Gasteiger partial charge is 0.392 e. The molecule has 1 saturated heterocycles. The summed E-state index contributed by atoms with van der Waals surface area (Å²) in [5, 5.41) is 17.5. The Morgan fingerprint density at radius 1 is 1.12 bits per heavy atom. The third kappa shape index (κ3) is 4.50. The van der Waals surface area contributed by atoms with E-state index in [0.717, 1.165) is 32.4 Å². The number of benzene rings is 2. The van der Waals surface area contributed by atoms with Crippen LogP contribution in [0.4, 0.5) is 5.69 Å². The molecule has 0 atom stereocenters. The minimum absolute atomic E-state index is 0.119. The van der Waals surface area contributed by atoms with Crippen molar-refractivity contribution in [3.63, 3.8) is 0 Å². The van der Waals surface area contributed by atoms with Gasteiger partial charge in [-0.15, -0.1) is 0 Å². The van der Waals surface area contributed by atoms with Crippen LogP contribution in [0.2, 0.25) is 10.0 Å². The Hall–Kier alpha value is -2.89. The molecule has 2 N–H and O–H groups in total. The van der Waals surface area contributed by atoms with Crippen molar-refractivity contribution < 1.29 is 9.90 Å². The summed E-state index contributed by atoms with van der Waals surface area (Å²) in [7, 11) is 0. The van der Waals surface area contributed by atoms with E-state index in [1.54, 1.807) is 47.1 Å². The second-order valence-corrected chi connectivity index (χ2v) is 8.33. The van der Waals surface area contributed by atoms with Crippen LogP contribution in [0.25, 0.3) is 21.8 Å². The van der Waals surface area contributed by atoms with Crippen LogP contribution in [0.3, 0.4) is 0 Å². The number of carbonyl (C=O) groups excluding carboxylic acids is 1. The van der Waals surface area contributed by atoms with Gasteiger partial charge in [-0.05, 0) is 36.6 Å². The minimum Gasteiger partial charge on any atom is -0.392 e. The van der Waals surface area contributed by atoms with Crippen LogP contribution in [-0.2, 0) is 6.61 Å². The van der Waals surface area contributed by atoms with Gasteiger partial charge in [0.05, 0.1) is 29.6 Å². The van der Waals surface area contributed by atoms with Gasteiger partial charge in [0.1, 0.15) is 0 Å². The first kappa shape index (κ1) is 22.3. The number of nitrogens with one attached hydrogen (secondary N) is 1. The highest BCUT2D eigenvalue weighted by Gasteiger charge is 2.26. The van der Waals surface area contributed by atoms with Gasteiger partial charge in [-0.2, -0.15) is 5.10 Å². The summed E-state index contributed by atoms with van der Waals surface area (Å²) in [6.07, 6.45) is 3.17. The fourth-order valence-corrected chi connectivity index (χ4v) is 4.29. The maximum atomic E-state index is 13.1. The van der Waals surface area contributed by atoms with E-state index in [2.05, 4.69) is 15.4 Å². The standard InChI is InChI=1S/C23H21Cl2N5O2/c1-26-17-8-5-15(6-9-17)22-18(14-31)21(23(32)28-29-11-3-2-4-12-29)27-30(22)20-10-7-16(24)13-19(20)25/h5-10,13,31H,2-4,11-12,14H2,(H,28,32). The molecule has 1 aliphatic rings. The Labute approximate surface area is 196 Å². The topological polar surface area (TPSA) is 74.8 Å². The van der Waals surface area contributed by atoms with Gasteiger partial charge in [0.2, 0.25) is 0 Å². The molecule has 0 aliphatic carbocycles. The fourth-order valence-electron chi connectivity index (χ4n) is 3.80. The van der Waals surface area contributed by atoms with Crippen LogP contribution in [0.1, 0.15) is 35.3 Å².